The number of amides is 11. The van der Waals surface area contributed by atoms with Crippen molar-refractivity contribution in [2.75, 3.05) is 31.2 Å². The molecule has 0 aliphatic rings. The minimum absolute atomic E-state index is 0.0112. The molecule has 0 aliphatic carbocycles. The Kier molecular flexibility index (Phi) is 36.1. The molecule has 0 bridgehead atoms. The summed E-state index contributed by atoms with van der Waals surface area (Å²) in [6.07, 6.45) is 0.481. The minimum atomic E-state index is -1.89. The average molecular weight is 1560 g/mol. The third-order valence-corrected chi connectivity index (χ3v) is 18.3. The zero-order valence-corrected chi connectivity index (χ0v) is 62.4. The van der Waals surface area contributed by atoms with Crippen LogP contribution >= 0.6 is 25.3 Å². The lowest BCUT2D eigenvalue weighted by atomic mass is 10.00. The molecule has 14 atom stereocenters. The molecule has 0 saturated carbocycles. The Balaban J connectivity index is 1.30. The molecule has 0 aliphatic heterocycles. The molecule has 594 valence electrons. The van der Waals surface area contributed by atoms with Gasteiger partial charge in [-0.15, -0.1) is 0 Å². The minimum Gasteiger partial charge on any atom is -0.480 e. The van der Waals surface area contributed by atoms with Gasteiger partial charge in [0.15, 0.2) is 5.96 Å². The molecule has 0 radical (unpaired) electrons. The van der Waals surface area contributed by atoms with Gasteiger partial charge in [-0.2, -0.15) is 25.3 Å². The van der Waals surface area contributed by atoms with Crippen LogP contribution in [0.5, 0.6) is 0 Å². The number of guanidine groups is 1. The molecule has 6 rings (SSSR count). The van der Waals surface area contributed by atoms with Crippen molar-refractivity contribution in [1.82, 2.24) is 78.8 Å². The Morgan fingerprint density at radius 2 is 0.864 bits per heavy atom. The number of carboxylic acids is 1. The molecule has 0 saturated heterocycles. The lowest BCUT2D eigenvalue weighted by molar-refractivity contribution is -0.142. The molecule has 4 aromatic carbocycles. The molecule has 35 nitrogen and oxygen atoms in total. The summed E-state index contributed by atoms with van der Waals surface area (Å²) in [5.74, 6) is -13.0. The number of carboxylic acid groups (broad SMARTS) is 1. The van der Waals surface area contributed by atoms with Gasteiger partial charge in [0, 0.05) is 73.5 Å². The molecule has 2 aromatic heterocycles. The van der Waals surface area contributed by atoms with E-state index in [1.807, 2.05) is 0 Å². The molecule has 0 spiro atoms. The van der Waals surface area contributed by atoms with Gasteiger partial charge in [-0.05, 0) is 80.8 Å². The Morgan fingerprint density at radius 3 is 1.30 bits per heavy atom. The number of nitrogens with two attached hydrogens (primary N) is 3. The maximum absolute atomic E-state index is 15.4. The summed E-state index contributed by atoms with van der Waals surface area (Å²) in [4.78, 5) is 180. The van der Waals surface area contributed by atoms with Crippen LogP contribution in [0.3, 0.4) is 0 Å². The molecule has 6 aromatic rings. The van der Waals surface area contributed by atoms with Gasteiger partial charge in [0.05, 0.1) is 36.9 Å². The highest BCUT2D eigenvalue weighted by Crippen LogP contribution is 2.21. The highest BCUT2D eigenvalue weighted by Gasteiger charge is 2.39. The summed E-state index contributed by atoms with van der Waals surface area (Å²) in [6.45, 7) is 1.52. The van der Waals surface area contributed by atoms with Crippen LogP contribution in [0.15, 0.2) is 134 Å². The lowest BCUT2D eigenvalue weighted by Gasteiger charge is -2.29. The number of unbranched alkanes of at least 4 members (excludes halogenated alkanes) is 1. The first kappa shape index (κ1) is 87.9. The first-order chi connectivity index (χ1) is 52.6. The van der Waals surface area contributed by atoms with Crippen LogP contribution in [0.4, 0.5) is 0 Å². The third-order valence-electron chi connectivity index (χ3n) is 17.5. The summed E-state index contributed by atoms with van der Waals surface area (Å²) in [6, 6.07) is 13.6. The van der Waals surface area contributed by atoms with Crippen LogP contribution in [0.25, 0.3) is 10.9 Å². The number of para-hydroxylation sites is 1. The molecule has 0 unspecified atom stereocenters. The SMILES string of the molecule is C[C@@H](O)[C@H](NC(=O)[C@H](Cc1ccccc1)NC(=O)[C@@H](NC(=O)[C@H](CCCCN)NC(=O)[C@@H](Cc1c[nH]c2ccccc12)NC(=O)[C@H](Cc1ccccc1)NC(=O)[C@H](Cc1ccccc1)NC(=O)[C@@H](Cc1c[nH]cn1)NC(=O)[C@H](CCCNC(=N)N)NC(=O)[C@@H](N)CS)[C@@H](C)O)C(=O)N[C@@H](CO)C(=O)N[C@@H](CS)C(=O)O. The summed E-state index contributed by atoms with van der Waals surface area (Å²) < 4.78 is 0. The van der Waals surface area contributed by atoms with E-state index >= 15 is 14.4 Å². The number of aliphatic carboxylic acids is 1. The second-order valence-corrected chi connectivity index (χ2v) is 26.9. The zero-order valence-electron chi connectivity index (χ0n) is 60.7. The first-order valence-electron chi connectivity index (χ1n) is 35.6. The van der Waals surface area contributed by atoms with E-state index in [-0.39, 0.29) is 88.3 Å². The van der Waals surface area contributed by atoms with Crippen LogP contribution in [0.2, 0.25) is 0 Å². The number of thiol groups is 2. The number of hydrogen-bond donors (Lipinski definition) is 24. The van der Waals surface area contributed by atoms with E-state index in [0.29, 0.717) is 45.3 Å². The molecule has 2 heterocycles. The summed E-state index contributed by atoms with van der Waals surface area (Å²) >= 11 is 8.02. The Morgan fingerprint density at radius 1 is 0.473 bits per heavy atom. The molecule has 25 N–H and O–H groups in total. The van der Waals surface area contributed by atoms with Crippen molar-refractivity contribution in [3.8, 4) is 0 Å². The first-order valence-corrected chi connectivity index (χ1v) is 36.8. The average Bonchev–Trinajstić information content (AvgIpc) is 1.60. The highest BCUT2D eigenvalue weighted by atomic mass is 32.1. The van der Waals surface area contributed by atoms with Gasteiger partial charge in [0.1, 0.15) is 66.5 Å². The predicted molar refractivity (Wildman–Crippen MR) is 412 cm³/mol. The quantitative estimate of drug-likeness (QED) is 0.00753. The molecule has 110 heavy (non-hydrogen) atoms. The topological polar surface area (TPSA) is 576 Å². The number of H-pyrrole nitrogens is 2. The monoisotopic (exact) mass is 1560 g/mol. The molecular formula is C73H99N19O16S2. The van der Waals surface area contributed by atoms with E-state index in [4.69, 9.17) is 22.6 Å². The number of rotatable bonds is 46. The van der Waals surface area contributed by atoms with E-state index in [2.05, 4.69) is 104 Å². The van der Waals surface area contributed by atoms with Crippen molar-refractivity contribution in [2.45, 2.75) is 163 Å². The number of benzene rings is 4. The van der Waals surface area contributed by atoms with Crippen LogP contribution in [0, 0.1) is 5.41 Å². The van der Waals surface area contributed by atoms with E-state index in [1.165, 1.54) is 12.5 Å². The number of nitrogens with one attached hydrogen (secondary N) is 15. The van der Waals surface area contributed by atoms with Gasteiger partial charge < -0.3 is 111 Å². The van der Waals surface area contributed by atoms with Crippen molar-refractivity contribution < 1.29 is 78.0 Å². The smallest absolute Gasteiger partial charge is 0.327 e. The van der Waals surface area contributed by atoms with E-state index in [1.54, 1.807) is 121 Å². The van der Waals surface area contributed by atoms with Crippen molar-refractivity contribution in [1.29, 1.82) is 5.41 Å². The molecular weight excluding hydrogens is 1460 g/mol. The number of carbonyl (C=O) groups is 12. The normalized spacial score (nSPS) is 15.0. The molecule has 37 heteroatoms. The maximum Gasteiger partial charge on any atom is 0.327 e. The number of aromatic amines is 2. The number of hydrogen-bond acceptors (Lipinski definition) is 21. The standard InChI is InChI=1S/C73H99N19O16S2/c1-40(94)59(70(105)88-54(31-44-21-10-5-11-22-44)68(103)92-60(41(2)95)71(106)89-57(36-93)69(104)90-58(38-110)72(107)108)91-63(98)50(25-14-15-27-74)83-66(101)55(32-45-34-80-49-24-13-12-23-47(45)49)86-65(100)53(30-43-19-8-4-9-20-43)84-64(99)52(29-42-17-6-3-7-18-42)85-67(102)56(33-46-35-78-39-81-46)87-62(97)51(26-16-28-79-73(76)77)82-61(96)48(75)37-109/h3-13,17-24,34-35,39-41,48,50-60,80,93-95,109-110H,14-16,25-33,36-38,74-75H2,1-2H3,(H,78,81)(H,82,96)(H,83,101)(H,84,99)(H,85,102)(H,86,100)(H,87,97)(H,88,105)(H,89,106)(H,90,104)(H,91,98)(H,92,103)(H,107,108)(H4,76,77,79)/t40-,41-,48+,50+,51+,52+,53+,54+,55-,56-,57+,58+,59+,60+/m1/s1. The van der Waals surface area contributed by atoms with Crippen LogP contribution < -0.4 is 81.0 Å². The second kappa shape index (κ2) is 45.1. The van der Waals surface area contributed by atoms with Gasteiger partial charge in [-0.25, -0.2) is 9.78 Å². The second-order valence-electron chi connectivity index (χ2n) is 26.2. The number of nitrogens with zero attached hydrogens (tertiary/aromatic N) is 1. The Bertz CT molecular complexity index is 4030. The number of imidazole rings is 1. The van der Waals surface area contributed by atoms with Gasteiger partial charge in [-0.1, -0.05) is 109 Å². The van der Waals surface area contributed by atoms with Crippen molar-refractivity contribution in [3.05, 3.63) is 162 Å². The fourth-order valence-corrected chi connectivity index (χ4v) is 11.9. The Labute approximate surface area is 645 Å². The summed E-state index contributed by atoms with van der Waals surface area (Å²) in [7, 11) is 0. The van der Waals surface area contributed by atoms with Crippen molar-refractivity contribution in [3.63, 3.8) is 0 Å². The number of aliphatic hydroxyl groups is 3. The summed E-state index contributed by atoms with van der Waals surface area (Å²) in [5, 5.41) is 80.5. The largest absolute Gasteiger partial charge is 0.480 e. The van der Waals surface area contributed by atoms with Crippen molar-refractivity contribution in [2.24, 2.45) is 17.2 Å². The third kappa shape index (κ3) is 28.2. The van der Waals surface area contributed by atoms with Crippen LogP contribution in [-0.2, 0) is 89.6 Å². The number of fused-ring (bicyclic) bond motifs is 1. The number of aliphatic hydroxyl groups excluding tert-OH is 3. The van der Waals surface area contributed by atoms with Crippen LogP contribution in [0.1, 0.15) is 73.9 Å². The molecule has 11 amide bonds. The number of carbonyl (C=O) groups excluding carboxylic acids is 11. The predicted octanol–water partition coefficient (Wildman–Crippen LogP) is -3.85. The summed E-state index contributed by atoms with van der Waals surface area (Å²) in [5.41, 5.74) is 20.4. The van der Waals surface area contributed by atoms with Crippen LogP contribution in [-0.4, -0.2) is 228 Å². The van der Waals surface area contributed by atoms with Gasteiger partial charge in [0.2, 0.25) is 65.0 Å². The van der Waals surface area contributed by atoms with Crippen molar-refractivity contribution >= 4 is 113 Å². The fourth-order valence-electron chi connectivity index (χ4n) is 11.5. The van der Waals surface area contributed by atoms with E-state index in [0.717, 1.165) is 13.8 Å². The Hall–Kier alpha value is -11.0. The fraction of sp³-hybridized carbons (Fsp3) is 0.425. The maximum atomic E-state index is 15.4. The van der Waals surface area contributed by atoms with E-state index in [9.17, 15) is 63.6 Å². The van der Waals surface area contributed by atoms with Gasteiger partial charge in [-0.3, -0.25) is 58.1 Å². The highest BCUT2D eigenvalue weighted by molar-refractivity contribution is 7.80. The lowest BCUT2D eigenvalue weighted by Crippen LogP contribution is -2.63. The zero-order chi connectivity index (χ0) is 80.4. The molecule has 0 fully saturated rings. The van der Waals surface area contributed by atoms with Gasteiger partial charge >= 0.3 is 5.97 Å². The van der Waals surface area contributed by atoms with Gasteiger partial charge in [0.25, 0.3) is 0 Å². The number of aromatic nitrogens is 3. The van der Waals surface area contributed by atoms with E-state index < -0.39 is 162 Å².